The Bertz CT molecular complexity index is 745. The lowest BCUT2D eigenvalue weighted by atomic mass is 9.89. The molecule has 0 saturated carbocycles. The molecule has 0 amide bonds. The van der Waals surface area contributed by atoms with Gasteiger partial charge in [-0.1, -0.05) is 19.2 Å². The molecule has 2 N–H and O–H groups in total. The van der Waals surface area contributed by atoms with Crippen LogP contribution < -0.4 is 0 Å². The van der Waals surface area contributed by atoms with Gasteiger partial charge >= 0.3 is 11.9 Å². The van der Waals surface area contributed by atoms with Crippen LogP contribution in [0.25, 0.3) is 0 Å². The molecular formula is C20H22O6. The van der Waals surface area contributed by atoms with E-state index in [1.54, 1.807) is 0 Å². The SMILES string of the molecule is C=CC(=O)CCCc1ccc(C(=O)O)c(CCCC(=O)C=C)c1C(=O)O. The molecule has 0 bridgehead atoms. The zero-order valence-electron chi connectivity index (χ0n) is 14.5. The Balaban J connectivity index is 3.17. The average Bonchev–Trinajstić information content (AvgIpc) is 2.60. The first kappa shape index (κ1) is 21.0. The third-order valence-corrected chi connectivity index (χ3v) is 4.02. The molecule has 1 aromatic carbocycles. The quantitative estimate of drug-likeness (QED) is 0.555. The fourth-order valence-corrected chi connectivity index (χ4v) is 2.73. The van der Waals surface area contributed by atoms with E-state index in [4.69, 9.17) is 0 Å². The van der Waals surface area contributed by atoms with Gasteiger partial charge in [0, 0.05) is 12.8 Å². The Kier molecular flexibility index (Phi) is 8.15. The molecule has 0 radical (unpaired) electrons. The lowest BCUT2D eigenvalue weighted by molar-refractivity contribution is -0.115. The third kappa shape index (κ3) is 5.81. The standard InChI is InChI=1S/C20H22O6/c1-3-14(21)8-5-7-13-11-12-17(19(23)24)16(18(13)20(25)26)10-6-9-15(22)4-2/h3-4,11-12H,1-2,5-10H2,(H,23,24)(H,25,26). The Labute approximate surface area is 151 Å². The number of carboxylic acids is 2. The lowest BCUT2D eigenvalue weighted by Crippen LogP contribution is -2.14. The van der Waals surface area contributed by atoms with Gasteiger partial charge in [0.05, 0.1) is 11.1 Å². The molecule has 0 heterocycles. The van der Waals surface area contributed by atoms with Crippen molar-refractivity contribution in [1.29, 1.82) is 0 Å². The topological polar surface area (TPSA) is 109 Å². The molecular weight excluding hydrogens is 336 g/mol. The molecule has 0 aliphatic carbocycles. The summed E-state index contributed by atoms with van der Waals surface area (Å²) < 4.78 is 0. The maximum absolute atomic E-state index is 11.8. The van der Waals surface area contributed by atoms with Crippen molar-refractivity contribution in [2.24, 2.45) is 0 Å². The maximum Gasteiger partial charge on any atom is 0.336 e. The fraction of sp³-hybridized carbons (Fsp3) is 0.300. The van der Waals surface area contributed by atoms with Crippen molar-refractivity contribution in [2.45, 2.75) is 38.5 Å². The third-order valence-electron chi connectivity index (χ3n) is 4.02. The van der Waals surface area contributed by atoms with E-state index in [9.17, 15) is 29.4 Å². The number of aryl methyl sites for hydroxylation is 1. The fourth-order valence-electron chi connectivity index (χ4n) is 2.73. The van der Waals surface area contributed by atoms with Gasteiger partial charge in [0.25, 0.3) is 0 Å². The van der Waals surface area contributed by atoms with Gasteiger partial charge in [-0.05, 0) is 55.0 Å². The molecule has 0 aliphatic heterocycles. The summed E-state index contributed by atoms with van der Waals surface area (Å²) in [5.74, 6) is -2.75. The summed E-state index contributed by atoms with van der Waals surface area (Å²) in [5.41, 5.74) is 0.542. The molecule has 0 saturated heterocycles. The zero-order chi connectivity index (χ0) is 19.7. The number of ketones is 2. The monoisotopic (exact) mass is 358 g/mol. The largest absolute Gasteiger partial charge is 0.478 e. The smallest absolute Gasteiger partial charge is 0.336 e. The summed E-state index contributed by atoms with van der Waals surface area (Å²) in [6.07, 6.45) is 4.06. The molecule has 0 unspecified atom stereocenters. The second kappa shape index (κ2) is 10.1. The van der Waals surface area contributed by atoms with Crippen molar-refractivity contribution in [3.05, 3.63) is 59.7 Å². The van der Waals surface area contributed by atoms with Crippen LogP contribution in [0.1, 0.15) is 57.5 Å². The van der Waals surface area contributed by atoms with Crippen molar-refractivity contribution in [2.75, 3.05) is 0 Å². The van der Waals surface area contributed by atoms with Crippen LogP contribution >= 0.6 is 0 Å². The van der Waals surface area contributed by atoms with Crippen molar-refractivity contribution >= 4 is 23.5 Å². The molecule has 1 aromatic rings. The van der Waals surface area contributed by atoms with Crippen LogP contribution in [0.3, 0.4) is 0 Å². The highest BCUT2D eigenvalue weighted by atomic mass is 16.4. The summed E-state index contributed by atoms with van der Waals surface area (Å²) in [6, 6.07) is 2.85. The molecule has 6 nitrogen and oxygen atoms in total. The highest BCUT2D eigenvalue weighted by Crippen LogP contribution is 2.24. The first-order valence-electron chi connectivity index (χ1n) is 8.23. The predicted octanol–water partition coefficient (Wildman–Crippen LogP) is 3.24. The van der Waals surface area contributed by atoms with Gasteiger partial charge in [-0.3, -0.25) is 9.59 Å². The van der Waals surface area contributed by atoms with E-state index in [0.717, 1.165) is 0 Å². The average molecular weight is 358 g/mol. The first-order valence-corrected chi connectivity index (χ1v) is 8.23. The van der Waals surface area contributed by atoms with Crippen LogP contribution in [0.2, 0.25) is 0 Å². The van der Waals surface area contributed by atoms with E-state index in [2.05, 4.69) is 13.2 Å². The second-order valence-electron chi connectivity index (χ2n) is 5.78. The molecule has 6 heteroatoms. The highest BCUT2D eigenvalue weighted by molar-refractivity contribution is 5.98. The van der Waals surface area contributed by atoms with Gasteiger partial charge in [-0.15, -0.1) is 0 Å². The normalized spacial score (nSPS) is 10.2. The minimum Gasteiger partial charge on any atom is -0.478 e. The van der Waals surface area contributed by atoms with E-state index in [0.29, 0.717) is 24.8 Å². The number of carbonyl (C=O) groups is 4. The Morgan fingerprint density at radius 2 is 1.38 bits per heavy atom. The molecule has 138 valence electrons. The number of allylic oxidation sites excluding steroid dienone is 2. The summed E-state index contributed by atoms with van der Waals surface area (Å²) in [5, 5.41) is 19.0. The van der Waals surface area contributed by atoms with Gasteiger partial charge in [0.2, 0.25) is 0 Å². The van der Waals surface area contributed by atoms with Crippen LogP contribution in [0.4, 0.5) is 0 Å². The van der Waals surface area contributed by atoms with E-state index in [-0.39, 0.29) is 47.5 Å². The number of aromatic carboxylic acids is 2. The zero-order valence-corrected chi connectivity index (χ0v) is 14.5. The van der Waals surface area contributed by atoms with Crippen LogP contribution in [0, 0.1) is 0 Å². The lowest BCUT2D eigenvalue weighted by Gasteiger charge is -2.14. The maximum atomic E-state index is 11.8. The molecule has 26 heavy (non-hydrogen) atoms. The van der Waals surface area contributed by atoms with Crippen molar-refractivity contribution in [1.82, 2.24) is 0 Å². The van der Waals surface area contributed by atoms with E-state index < -0.39 is 11.9 Å². The molecule has 0 aliphatic rings. The van der Waals surface area contributed by atoms with Gasteiger partial charge in [-0.2, -0.15) is 0 Å². The van der Waals surface area contributed by atoms with Gasteiger partial charge in [0.1, 0.15) is 0 Å². The molecule has 0 aromatic heterocycles. The van der Waals surface area contributed by atoms with E-state index >= 15 is 0 Å². The molecule has 1 rings (SSSR count). The summed E-state index contributed by atoms with van der Waals surface area (Å²) in [4.78, 5) is 45.9. The number of carboxylic acid groups (broad SMARTS) is 2. The predicted molar refractivity (Wildman–Crippen MR) is 96.6 cm³/mol. The van der Waals surface area contributed by atoms with Crippen LogP contribution in [0.5, 0.6) is 0 Å². The minimum absolute atomic E-state index is 0.0537. The van der Waals surface area contributed by atoms with Crippen LogP contribution in [-0.2, 0) is 22.4 Å². The van der Waals surface area contributed by atoms with E-state index in [1.807, 2.05) is 0 Å². The molecule has 0 atom stereocenters. The Morgan fingerprint density at radius 3 is 1.85 bits per heavy atom. The summed E-state index contributed by atoms with van der Waals surface area (Å²) in [7, 11) is 0. The molecule has 0 spiro atoms. The van der Waals surface area contributed by atoms with Gasteiger partial charge < -0.3 is 10.2 Å². The van der Waals surface area contributed by atoms with Gasteiger partial charge in [-0.25, -0.2) is 9.59 Å². The highest BCUT2D eigenvalue weighted by Gasteiger charge is 2.22. The number of carbonyl (C=O) groups excluding carboxylic acids is 2. The van der Waals surface area contributed by atoms with Crippen molar-refractivity contribution in [3.8, 4) is 0 Å². The number of hydrogen-bond acceptors (Lipinski definition) is 4. The van der Waals surface area contributed by atoms with Crippen molar-refractivity contribution in [3.63, 3.8) is 0 Å². The second-order valence-corrected chi connectivity index (χ2v) is 5.78. The summed E-state index contributed by atoms with van der Waals surface area (Å²) in [6.45, 7) is 6.76. The number of hydrogen-bond donors (Lipinski definition) is 2. The van der Waals surface area contributed by atoms with Crippen LogP contribution in [0.15, 0.2) is 37.4 Å². The Hall–Kier alpha value is -3.02. The first-order chi connectivity index (χ1) is 12.3. The number of benzene rings is 1. The van der Waals surface area contributed by atoms with Crippen LogP contribution in [-0.4, -0.2) is 33.7 Å². The van der Waals surface area contributed by atoms with E-state index in [1.165, 1.54) is 24.3 Å². The summed E-state index contributed by atoms with van der Waals surface area (Å²) >= 11 is 0. The Morgan fingerprint density at radius 1 is 0.846 bits per heavy atom. The van der Waals surface area contributed by atoms with Gasteiger partial charge in [0.15, 0.2) is 11.6 Å². The molecule has 0 fully saturated rings. The number of rotatable bonds is 12. The van der Waals surface area contributed by atoms with Crippen molar-refractivity contribution < 1.29 is 29.4 Å². The minimum atomic E-state index is -1.22.